The van der Waals surface area contributed by atoms with E-state index in [0.717, 1.165) is 70.4 Å². The zero-order valence-electron chi connectivity index (χ0n) is 15.7. The Kier molecular flexibility index (Phi) is 4.95. The molecule has 1 saturated carbocycles. The van der Waals surface area contributed by atoms with Crippen LogP contribution in [0.15, 0.2) is 24.3 Å². The maximum atomic E-state index is 13.0. The zero-order valence-corrected chi connectivity index (χ0v) is 15.7. The molecule has 0 bridgehead atoms. The molecule has 146 valence electrons. The number of hydrogen-bond acceptors (Lipinski definition) is 5. The quantitative estimate of drug-likeness (QED) is 0.795. The van der Waals surface area contributed by atoms with Gasteiger partial charge in [0.05, 0.1) is 6.67 Å². The van der Waals surface area contributed by atoms with E-state index in [9.17, 15) is 14.7 Å². The largest absolute Gasteiger partial charge is 0.508 e. The van der Waals surface area contributed by atoms with Crippen molar-refractivity contribution in [3.63, 3.8) is 0 Å². The summed E-state index contributed by atoms with van der Waals surface area (Å²) in [4.78, 5) is 31.4. The molecule has 0 atom stereocenters. The van der Waals surface area contributed by atoms with Crippen LogP contribution >= 0.6 is 0 Å². The first-order chi connectivity index (χ1) is 13.1. The van der Waals surface area contributed by atoms with Crippen LogP contribution in [0.2, 0.25) is 0 Å². The predicted molar refractivity (Wildman–Crippen MR) is 103 cm³/mol. The first kappa shape index (κ1) is 18.1. The number of rotatable bonds is 3. The smallest absolute Gasteiger partial charge is 0.326 e. The van der Waals surface area contributed by atoms with Crippen molar-refractivity contribution in [2.45, 2.75) is 44.1 Å². The van der Waals surface area contributed by atoms with Crippen LogP contribution in [0.1, 0.15) is 38.5 Å². The second-order valence-electron chi connectivity index (χ2n) is 7.92. The second-order valence-corrected chi connectivity index (χ2v) is 7.92. The lowest BCUT2D eigenvalue weighted by atomic mass is 9.90. The fraction of sp³-hybridized carbons (Fsp3) is 0.600. The number of phenolic OH excluding ortho intramolecular Hbond substituents is 1. The number of amides is 3. The maximum absolute atomic E-state index is 13.0. The van der Waals surface area contributed by atoms with Gasteiger partial charge in [0.1, 0.15) is 11.3 Å². The number of carbonyl (C=O) groups excluding carboxylic acids is 2. The van der Waals surface area contributed by atoms with E-state index in [4.69, 9.17) is 0 Å². The van der Waals surface area contributed by atoms with Crippen LogP contribution in [0.25, 0.3) is 0 Å². The van der Waals surface area contributed by atoms with E-state index in [1.165, 1.54) is 4.90 Å². The fourth-order valence-electron chi connectivity index (χ4n) is 4.49. The van der Waals surface area contributed by atoms with Crippen molar-refractivity contribution in [2.75, 3.05) is 37.7 Å². The monoisotopic (exact) mass is 372 g/mol. The minimum Gasteiger partial charge on any atom is -0.508 e. The van der Waals surface area contributed by atoms with Crippen molar-refractivity contribution in [1.82, 2.24) is 15.1 Å². The van der Waals surface area contributed by atoms with E-state index >= 15 is 0 Å². The molecular formula is C20H28N4O3. The average Bonchev–Trinajstić information content (AvgIpc) is 2.84. The van der Waals surface area contributed by atoms with Crippen LogP contribution in [0.5, 0.6) is 5.75 Å². The molecule has 1 spiro atoms. The van der Waals surface area contributed by atoms with Gasteiger partial charge in [0.15, 0.2) is 0 Å². The number of nitrogens with zero attached hydrogens (tertiary/aromatic N) is 3. The Balaban J connectivity index is 1.35. The van der Waals surface area contributed by atoms with Gasteiger partial charge in [0.25, 0.3) is 5.91 Å². The third-order valence-corrected chi connectivity index (χ3v) is 6.13. The van der Waals surface area contributed by atoms with E-state index in [1.807, 2.05) is 12.1 Å². The van der Waals surface area contributed by atoms with Crippen LogP contribution in [0.3, 0.4) is 0 Å². The molecule has 1 aliphatic carbocycles. The van der Waals surface area contributed by atoms with Gasteiger partial charge in [-0.1, -0.05) is 25.7 Å². The lowest BCUT2D eigenvalue weighted by Crippen LogP contribution is -2.52. The van der Waals surface area contributed by atoms with Gasteiger partial charge in [-0.15, -0.1) is 0 Å². The van der Waals surface area contributed by atoms with Crippen LogP contribution < -0.4 is 10.2 Å². The van der Waals surface area contributed by atoms with Crippen molar-refractivity contribution < 1.29 is 14.7 Å². The van der Waals surface area contributed by atoms with Crippen molar-refractivity contribution in [1.29, 1.82) is 0 Å². The molecule has 2 saturated heterocycles. The predicted octanol–water partition coefficient (Wildman–Crippen LogP) is 2.12. The van der Waals surface area contributed by atoms with Crippen LogP contribution in [0, 0.1) is 0 Å². The summed E-state index contributed by atoms with van der Waals surface area (Å²) in [7, 11) is 0. The Hall–Kier alpha value is -2.28. The normalized spacial score (nSPS) is 23.6. The molecule has 0 radical (unpaired) electrons. The average molecular weight is 372 g/mol. The molecule has 27 heavy (non-hydrogen) atoms. The summed E-state index contributed by atoms with van der Waals surface area (Å²) in [6.45, 7) is 3.63. The Bertz CT molecular complexity index is 690. The van der Waals surface area contributed by atoms with Gasteiger partial charge in [-0.2, -0.15) is 0 Å². The number of urea groups is 1. The Morgan fingerprint density at radius 2 is 1.56 bits per heavy atom. The van der Waals surface area contributed by atoms with Crippen LogP contribution in [-0.4, -0.2) is 65.2 Å². The highest BCUT2D eigenvalue weighted by atomic mass is 16.3. The molecule has 3 amide bonds. The van der Waals surface area contributed by atoms with Crippen molar-refractivity contribution in [2.24, 2.45) is 0 Å². The molecular weight excluding hydrogens is 344 g/mol. The van der Waals surface area contributed by atoms with Crippen molar-refractivity contribution in [3.8, 4) is 5.75 Å². The molecule has 2 heterocycles. The number of anilines is 1. The number of nitrogens with one attached hydrogen (secondary N) is 1. The van der Waals surface area contributed by atoms with Gasteiger partial charge in [-0.25, -0.2) is 9.69 Å². The van der Waals surface area contributed by atoms with Crippen LogP contribution in [-0.2, 0) is 4.79 Å². The minimum atomic E-state index is -0.651. The molecule has 7 nitrogen and oxygen atoms in total. The molecule has 4 rings (SSSR count). The summed E-state index contributed by atoms with van der Waals surface area (Å²) in [5.74, 6) is 0.235. The molecule has 3 aliphatic rings. The molecule has 2 N–H and O–H groups in total. The lowest BCUT2D eigenvalue weighted by Gasteiger charge is -2.37. The van der Waals surface area contributed by atoms with E-state index < -0.39 is 5.54 Å². The Labute approximate surface area is 159 Å². The fourth-order valence-corrected chi connectivity index (χ4v) is 4.49. The zero-order chi connectivity index (χ0) is 18.9. The van der Waals surface area contributed by atoms with Gasteiger partial charge in [0, 0.05) is 31.9 Å². The number of carbonyl (C=O) groups is 2. The number of piperazine rings is 1. The minimum absolute atomic E-state index is 0.0321. The number of aromatic hydroxyl groups is 1. The van der Waals surface area contributed by atoms with Gasteiger partial charge in [0.2, 0.25) is 0 Å². The SMILES string of the molecule is O=C1NC2(CCCCCC2)C(=O)N1CN1CCN(c2ccc(O)cc2)CC1. The lowest BCUT2D eigenvalue weighted by molar-refractivity contribution is -0.133. The highest BCUT2D eigenvalue weighted by molar-refractivity contribution is 6.07. The number of hydrogen-bond donors (Lipinski definition) is 2. The topological polar surface area (TPSA) is 76.1 Å². The third-order valence-electron chi connectivity index (χ3n) is 6.13. The number of imide groups is 1. The van der Waals surface area contributed by atoms with E-state index in [2.05, 4.69) is 15.1 Å². The molecule has 1 aromatic carbocycles. The Morgan fingerprint density at radius 1 is 0.926 bits per heavy atom. The summed E-state index contributed by atoms with van der Waals surface area (Å²) in [6, 6.07) is 6.99. The van der Waals surface area contributed by atoms with Crippen molar-refractivity contribution >= 4 is 17.6 Å². The number of benzene rings is 1. The van der Waals surface area contributed by atoms with E-state index in [-0.39, 0.29) is 17.7 Å². The second kappa shape index (κ2) is 7.38. The maximum Gasteiger partial charge on any atom is 0.326 e. The summed E-state index contributed by atoms with van der Waals surface area (Å²) in [5, 5.41) is 12.4. The van der Waals surface area contributed by atoms with Gasteiger partial charge in [-0.3, -0.25) is 9.69 Å². The molecule has 7 heteroatoms. The van der Waals surface area contributed by atoms with Crippen LogP contribution in [0.4, 0.5) is 10.5 Å². The molecule has 1 aromatic rings. The summed E-state index contributed by atoms with van der Waals surface area (Å²) in [6.07, 6.45) is 5.83. The first-order valence-corrected chi connectivity index (χ1v) is 9.98. The molecule has 2 aliphatic heterocycles. The standard InChI is InChI=1S/C20H28N4O3/c25-17-7-5-16(6-8-17)23-13-11-22(12-14-23)15-24-18(26)20(21-19(24)27)9-3-1-2-4-10-20/h5-8,25H,1-4,9-15H2,(H,21,27). The number of phenols is 1. The van der Waals surface area contributed by atoms with E-state index in [0.29, 0.717) is 6.67 Å². The third kappa shape index (κ3) is 3.60. The molecule has 0 unspecified atom stereocenters. The first-order valence-electron chi connectivity index (χ1n) is 9.98. The summed E-state index contributed by atoms with van der Waals surface area (Å²) >= 11 is 0. The molecule has 3 fully saturated rings. The van der Waals surface area contributed by atoms with Gasteiger partial charge in [-0.05, 0) is 37.1 Å². The summed E-state index contributed by atoms with van der Waals surface area (Å²) in [5.41, 5.74) is 0.432. The van der Waals surface area contributed by atoms with E-state index in [1.54, 1.807) is 12.1 Å². The van der Waals surface area contributed by atoms with Gasteiger partial charge < -0.3 is 15.3 Å². The van der Waals surface area contributed by atoms with Crippen molar-refractivity contribution in [3.05, 3.63) is 24.3 Å². The highest BCUT2D eigenvalue weighted by Crippen LogP contribution is 2.33. The Morgan fingerprint density at radius 3 is 2.19 bits per heavy atom. The highest BCUT2D eigenvalue weighted by Gasteiger charge is 2.50. The van der Waals surface area contributed by atoms with Gasteiger partial charge >= 0.3 is 6.03 Å². The summed E-state index contributed by atoms with van der Waals surface area (Å²) < 4.78 is 0. The molecule has 0 aromatic heterocycles.